The Morgan fingerprint density at radius 3 is 2.68 bits per heavy atom. The first-order valence-electron chi connectivity index (χ1n) is 7.27. The Balaban J connectivity index is 2.02. The van der Waals surface area contributed by atoms with Crippen LogP contribution in [0.2, 0.25) is 5.02 Å². The first-order valence-corrected chi connectivity index (χ1v) is 7.65. The third-order valence-corrected chi connectivity index (χ3v) is 4.42. The Hall–Kier alpha value is -1.84. The number of amidine groups is 1. The second-order valence-electron chi connectivity index (χ2n) is 5.91. The van der Waals surface area contributed by atoms with Crippen LogP contribution in [0.4, 0.5) is 0 Å². The minimum atomic E-state index is -0.431. The van der Waals surface area contributed by atoms with Crippen molar-refractivity contribution in [2.75, 3.05) is 13.2 Å². The molecule has 1 atom stereocenters. The molecule has 0 spiro atoms. The number of ether oxygens (including phenoxy) is 1. The normalized spacial score (nSPS) is 21.5. The summed E-state index contributed by atoms with van der Waals surface area (Å²) in [6.07, 6.45) is 0. The quantitative estimate of drug-likeness (QED) is 0.913. The third-order valence-electron chi connectivity index (χ3n) is 4.00. The first kappa shape index (κ1) is 15.1. The molecule has 2 aromatic carbocycles. The highest BCUT2D eigenvalue weighted by Gasteiger charge is 2.30. The molecular weight excluding hydrogens is 296 g/mol. The van der Waals surface area contributed by atoms with Gasteiger partial charge in [0.05, 0.1) is 6.61 Å². The van der Waals surface area contributed by atoms with Gasteiger partial charge in [-0.1, -0.05) is 35.9 Å². The fourth-order valence-electron chi connectivity index (χ4n) is 2.74. The summed E-state index contributed by atoms with van der Waals surface area (Å²) >= 11 is 6.11. The SMILES string of the molecule is Cc1cc(-c2cccc(C3(C)COCC(N)=N3)c2)ccc1Cl. The highest BCUT2D eigenvalue weighted by molar-refractivity contribution is 6.31. The lowest BCUT2D eigenvalue weighted by Crippen LogP contribution is -2.37. The minimum absolute atomic E-state index is 0.408. The van der Waals surface area contributed by atoms with E-state index < -0.39 is 5.54 Å². The maximum atomic E-state index is 6.11. The number of aryl methyl sites for hydroxylation is 1. The number of aliphatic imine (C=N–C) groups is 1. The highest BCUT2D eigenvalue weighted by Crippen LogP contribution is 2.32. The lowest BCUT2D eigenvalue weighted by molar-refractivity contribution is 0.106. The van der Waals surface area contributed by atoms with Crippen LogP contribution in [0.5, 0.6) is 0 Å². The van der Waals surface area contributed by atoms with Gasteiger partial charge >= 0.3 is 0 Å². The summed E-state index contributed by atoms with van der Waals surface area (Å²) in [6, 6.07) is 14.4. The molecule has 0 aromatic heterocycles. The smallest absolute Gasteiger partial charge is 0.121 e. The van der Waals surface area contributed by atoms with Crippen LogP contribution in [0.25, 0.3) is 11.1 Å². The number of nitrogens with two attached hydrogens (primary N) is 1. The third kappa shape index (κ3) is 2.87. The van der Waals surface area contributed by atoms with Crippen molar-refractivity contribution >= 4 is 17.4 Å². The zero-order valence-electron chi connectivity index (χ0n) is 12.8. The maximum Gasteiger partial charge on any atom is 0.121 e. The lowest BCUT2D eigenvalue weighted by atomic mass is 9.90. The molecular formula is C18H19ClN2O. The van der Waals surface area contributed by atoms with Crippen LogP contribution in [0, 0.1) is 6.92 Å². The molecule has 1 aliphatic heterocycles. The average Bonchev–Trinajstić information content (AvgIpc) is 2.50. The molecule has 4 heteroatoms. The van der Waals surface area contributed by atoms with Gasteiger partial charge in [-0.05, 0) is 54.3 Å². The molecule has 114 valence electrons. The van der Waals surface area contributed by atoms with Gasteiger partial charge in [-0.2, -0.15) is 0 Å². The Kier molecular flexibility index (Phi) is 3.94. The fourth-order valence-corrected chi connectivity index (χ4v) is 2.86. The van der Waals surface area contributed by atoms with Gasteiger partial charge in [0.15, 0.2) is 0 Å². The molecule has 1 heterocycles. The number of hydrogen-bond donors (Lipinski definition) is 1. The van der Waals surface area contributed by atoms with E-state index in [2.05, 4.69) is 29.3 Å². The fraction of sp³-hybridized carbons (Fsp3) is 0.278. The van der Waals surface area contributed by atoms with Crippen molar-refractivity contribution in [2.45, 2.75) is 19.4 Å². The van der Waals surface area contributed by atoms with Crippen LogP contribution >= 0.6 is 11.6 Å². The first-order chi connectivity index (χ1) is 10.5. The number of nitrogens with zero attached hydrogens (tertiary/aromatic N) is 1. The van der Waals surface area contributed by atoms with Gasteiger partial charge in [0, 0.05) is 5.02 Å². The molecule has 0 saturated heterocycles. The Labute approximate surface area is 135 Å². The topological polar surface area (TPSA) is 47.6 Å². The van der Waals surface area contributed by atoms with Crippen LogP contribution in [-0.2, 0) is 10.3 Å². The molecule has 3 rings (SSSR count). The van der Waals surface area contributed by atoms with E-state index in [4.69, 9.17) is 22.1 Å². The molecule has 2 aromatic rings. The van der Waals surface area contributed by atoms with E-state index >= 15 is 0 Å². The summed E-state index contributed by atoms with van der Waals surface area (Å²) < 4.78 is 5.56. The molecule has 0 saturated carbocycles. The van der Waals surface area contributed by atoms with Crippen molar-refractivity contribution in [1.82, 2.24) is 0 Å². The van der Waals surface area contributed by atoms with E-state index in [1.165, 1.54) is 0 Å². The summed E-state index contributed by atoms with van der Waals surface area (Å²) in [5.74, 6) is 0.543. The Morgan fingerprint density at radius 2 is 1.95 bits per heavy atom. The van der Waals surface area contributed by atoms with Crippen molar-refractivity contribution in [1.29, 1.82) is 0 Å². The lowest BCUT2D eigenvalue weighted by Gasteiger charge is -2.30. The van der Waals surface area contributed by atoms with E-state index in [1.54, 1.807) is 0 Å². The molecule has 22 heavy (non-hydrogen) atoms. The number of rotatable bonds is 2. The summed E-state index contributed by atoms with van der Waals surface area (Å²) in [5, 5.41) is 0.782. The molecule has 0 fully saturated rings. The van der Waals surface area contributed by atoms with Gasteiger partial charge in [0.1, 0.15) is 18.0 Å². The predicted molar refractivity (Wildman–Crippen MR) is 91.4 cm³/mol. The molecule has 0 amide bonds. The molecule has 0 radical (unpaired) electrons. The van der Waals surface area contributed by atoms with Crippen molar-refractivity contribution in [3.05, 3.63) is 58.6 Å². The summed E-state index contributed by atoms with van der Waals surface area (Å²) in [4.78, 5) is 4.60. The highest BCUT2D eigenvalue weighted by atomic mass is 35.5. The van der Waals surface area contributed by atoms with Crippen molar-refractivity contribution < 1.29 is 4.74 Å². The minimum Gasteiger partial charge on any atom is -0.386 e. The maximum absolute atomic E-state index is 6.11. The molecule has 0 bridgehead atoms. The second-order valence-corrected chi connectivity index (χ2v) is 6.32. The number of benzene rings is 2. The van der Waals surface area contributed by atoms with Gasteiger partial charge in [-0.25, -0.2) is 0 Å². The van der Waals surface area contributed by atoms with Crippen LogP contribution in [0.1, 0.15) is 18.1 Å². The van der Waals surface area contributed by atoms with E-state index in [9.17, 15) is 0 Å². The average molecular weight is 315 g/mol. The van der Waals surface area contributed by atoms with Crippen molar-refractivity contribution in [3.8, 4) is 11.1 Å². The van der Waals surface area contributed by atoms with Crippen LogP contribution in [0.15, 0.2) is 47.5 Å². The molecule has 1 unspecified atom stereocenters. The molecule has 3 nitrogen and oxygen atoms in total. The number of halogens is 1. The van der Waals surface area contributed by atoms with Gasteiger partial charge in [-0.3, -0.25) is 4.99 Å². The molecule has 1 aliphatic rings. The Morgan fingerprint density at radius 1 is 1.18 bits per heavy atom. The summed E-state index contributed by atoms with van der Waals surface area (Å²) in [5.41, 5.74) is 9.86. The predicted octanol–water partition coefficient (Wildman–Crippen LogP) is 3.92. The van der Waals surface area contributed by atoms with Crippen LogP contribution in [-0.4, -0.2) is 19.0 Å². The van der Waals surface area contributed by atoms with Gasteiger partial charge in [0.2, 0.25) is 0 Å². The monoisotopic (exact) mass is 314 g/mol. The summed E-state index contributed by atoms with van der Waals surface area (Å²) in [6.45, 7) is 5.00. The zero-order chi connectivity index (χ0) is 15.7. The van der Waals surface area contributed by atoms with E-state index in [1.807, 2.05) is 32.0 Å². The summed E-state index contributed by atoms with van der Waals surface area (Å²) in [7, 11) is 0. The van der Waals surface area contributed by atoms with E-state index in [0.29, 0.717) is 19.0 Å². The second kappa shape index (κ2) is 5.75. The number of hydrogen-bond acceptors (Lipinski definition) is 3. The van der Waals surface area contributed by atoms with Gasteiger partial charge in [0.25, 0.3) is 0 Å². The van der Waals surface area contributed by atoms with Gasteiger partial charge in [-0.15, -0.1) is 0 Å². The van der Waals surface area contributed by atoms with Gasteiger partial charge < -0.3 is 10.5 Å². The van der Waals surface area contributed by atoms with Crippen LogP contribution < -0.4 is 5.73 Å². The van der Waals surface area contributed by atoms with Crippen molar-refractivity contribution in [3.63, 3.8) is 0 Å². The largest absolute Gasteiger partial charge is 0.386 e. The zero-order valence-corrected chi connectivity index (χ0v) is 13.5. The molecule has 0 aliphatic carbocycles. The standard InChI is InChI=1S/C18H19ClN2O/c1-12-8-14(6-7-16(12)19)13-4-3-5-15(9-13)18(2)11-22-10-17(20)21-18/h3-9H,10-11H2,1-2H3,(H2,20,21). The van der Waals surface area contributed by atoms with Crippen LogP contribution in [0.3, 0.4) is 0 Å². The van der Waals surface area contributed by atoms with Crippen molar-refractivity contribution in [2.24, 2.45) is 10.7 Å². The van der Waals surface area contributed by atoms with E-state index in [-0.39, 0.29) is 0 Å². The van der Waals surface area contributed by atoms with E-state index in [0.717, 1.165) is 27.3 Å². The Bertz CT molecular complexity index is 742. The molecule has 2 N–H and O–H groups in total.